The van der Waals surface area contributed by atoms with Crippen LogP contribution in [0.4, 0.5) is 10.3 Å². The normalized spacial score (nSPS) is 10.4. The maximum atomic E-state index is 13.0. The van der Waals surface area contributed by atoms with Crippen molar-refractivity contribution in [2.75, 3.05) is 18.4 Å². The summed E-state index contributed by atoms with van der Waals surface area (Å²) < 4.78 is 13.7. The standard InChI is InChI=1S/C12H12BrFN4/c13-10-7-8(14)1-2-9(10)11-3-5-16-12(18-11)17-6-4-15/h1-3,5,7H,4,6,15H2,(H,16,17,18). The van der Waals surface area contributed by atoms with Crippen molar-refractivity contribution in [3.8, 4) is 11.3 Å². The molecule has 94 valence electrons. The molecule has 2 rings (SSSR count). The molecule has 0 bridgehead atoms. The third-order valence-corrected chi connectivity index (χ3v) is 2.95. The third-order valence-electron chi connectivity index (χ3n) is 2.29. The van der Waals surface area contributed by atoms with Crippen molar-refractivity contribution in [2.45, 2.75) is 0 Å². The summed E-state index contributed by atoms with van der Waals surface area (Å²) in [5.74, 6) is 0.218. The summed E-state index contributed by atoms with van der Waals surface area (Å²) in [4.78, 5) is 8.42. The molecule has 3 N–H and O–H groups in total. The SMILES string of the molecule is NCCNc1nccc(-c2ccc(F)cc2Br)n1. The van der Waals surface area contributed by atoms with E-state index in [2.05, 4.69) is 31.2 Å². The summed E-state index contributed by atoms with van der Waals surface area (Å²) in [7, 11) is 0. The highest BCUT2D eigenvalue weighted by molar-refractivity contribution is 9.10. The predicted octanol–water partition coefficient (Wildman–Crippen LogP) is 2.42. The summed E-state index contributed by atoms with van der Waals surface area (Å²) in [6.07, 6.45) is 1.65. The van der Waals surface area contributed by atoms with Crippen molar-refractivity contribution in [3.05, 3.63) is 40.8 Å². The van der Waals surface area contributed by atoms with Crippen LogP contribution in [0.1, 0.15) is 0 Å². The van der Waals surface area contributed by atoms with Crippen LogP contribution in [0.25, 0.3) is 11.3 Å². The predicted molar refractivity (Wildman–Crippen MR) is 72.7 cm³/mol. The fourth-order valence-corrected chi connectivity index (χ4v) is 2.03. The van der Waals surface area contributed by atoms with Crippen LogP contribution >= 0.6 is 15.9 Å². The Morgan fingerprint density at radius 1 is 1.33 bits per heavy atom. The lowest BCUT2D eigenvalue weighted by Crippen LogP contribution is -2.14. The first kappa shape index (κ1) is 12.9. The molecule has 0 aliphatic heterocycles. The molecule has 1 heterocycles. The van der Waals surface area contributed by atoms with E-state index in [9.17, 15) is 4.39 Å². The number of nitrogens with two attached hydrogens (primary N) is 1. The van der Waals surface area contributed by atoms with Crippen molar-refractivity contribution in [1.82, 2.24) is 9.97 Å². The first-order chi connectivity index (χ1) is 8.70. The Bertz CT molecular complexity index is 547. The van der Waals surface area contributed by atoms with Crippen LogP contribution < -0.4 is 11.1 Å². The lowest BCUT2D eigenvalue weighted by molar-refractivity contribution is 0.627. The van der Waals surface area contributed by atoms with E-state index in [0.717, 1.165) is 11.3 Å². The van der Waals surface area contributed by atoms with E-state index < -0.39 is 0 Å². The van der Waals surface area contributed by atoms with Gasteiger partial charge < -0.3 is 11.1 Å². The summed E-state index contributed by atoms with van der Waals surface area (Å²) in [6, 6.07) is 6.25. The van der Waals surface area contributed by atoms with Gasteiger partial charge in [-0.2, -0.15) is 0 Å². The van der Waals surface area contributed by atoms with E-state index in [1.165, 1.54) is 12.1 Å². The number of hydrogen-bond acceptors (Lipinski definition) is 4. The Kier molecular flexibility index (Phi) is 4.22. The molecular formula is C12H12BrFN4. The van der Waals surface area contributed by atoms with Gasteiger partial charge in [-0.25, -0.2) is 14.4 Å². The monoisotopic (exact) mass is 310 g/mol. The first-order valence-corrected chi connectivity index (χ1v) is 6.22. The summed E-state index contributed by atoms with van der Waals surface area (Å²) >= 11 is 3.32. The largest absolute Gasteiger partial charge is 0.353 e. The zero-order chi connectivity index (χ0) is 13.0. The van der Waals surface area contributed by atoms with E-state index >= 15 is 0 Å². The average molecular weight is 311 g/mol. The van der Waals surface area contributed by atoms with Crippen molar-refractivity contribution < 1.29 is 4.39 Å². The summed E-state index contributed by atoms with van der Waals surface area (Å²) in [6.45, 7) is 1.11. The number of nitrogens with zero attached hydrogens (tertiary/aromatic N) is 2. The Labute approximate surface area is 113 Å². The molecule has 0 atom stereocenters. The van der Waals surface area contributed by atoms with Crippen LogP contribution in [0.3, 0.4) is 0 Å². The molecule has 4 nitrogen and oxygen atoms in total. The summed E-state index contributed by atoms with van der Waals surface area (Å²) in [5, 5.41) is 3.00. The quantitative estimate of drug-likeness (QED) is 0.910. The van der Waals surface area contributed by atoms with E-state index in [4.69, 9.17) is 5.73 Å². The van der Waals surface area contributed by atoms with Crippen LogP contribution in [0.15, 0.2) is 34.9 Å². The van der Waals surface area contributed by atoms with Gasteiger partial charge in [-0.05, 0) is 40.2 Å². The average Bonchev–Trinajstić information content (AvgIpc) is 2.36. The van der Waals surface area contributed by atoms with E-state index in [0.29, 0.717) is 23.5 Å². The molecule has 0 aliphatic carbocycles. The van der Waals surface area contributed by atoms with Crippen LogP contribution in [0.2, 0.25) is 0 Å². The number of rotatable bonds is 4. The highest BCUT2D eigenvalue weighted by Gasteiger charge is 2.07. The van der Waals surface area contributed by atoms with E-state index in [1.54, 1.807) is 18.3 Å². The Balaban J connectivity index is 2.32. The van der Waals surface area contributed by atoms with Crippen LogP contribution in [0.5, 0.6) is 0 Å². The number of hydrogen-bond donors (Lipinski definition) is 2. The minimum atomic E-state index is -0.291. The lowest BCUT2D eigenvalue weighted by atomic mass is 10.1. The van der Waals surface area contributed by atoms with Crippen molar-refractivity contribution in [1.29, 1.82) is 0 Å². The topological polar surface area (TPSA) is 63.8 Å². The number of aromatic nitrogens is 2. The van der Waals surface area contributed by atoms with Gasteiger partial charge in [-0.3, -0.25) is 0 Å². The molecule has 0 fully saturated rings. The second kappa shape index (κ2) is 5.88. The van der Waals surface area contributed by atoms with Gasteiger partial charge in [0.2, 0.25) is 5.95 Å². The first-order valence-electron chi connectivity index (χ1n) is 5.43. The van der Waals surface area contributed by atoms with Crippen LogP contribution in [-0.2, 0) is 0 Å². The molecule has 1 aromatic heterocycles. The molecule has 0 aliphatic rings. The minimum absolute atomic E-state index is 0.291. The number of anilines is 1. The van der Waals surface area contributed by atoms with Gasteiger partial charge in [0.25, 0.3) is 0 Å². The number of nitrogens with one attached hydrogen (secondary N) is 1. The molecule has 1 aromatic carbocycles. The van der Waals surface area contributed by atoms with Gasteiger partial charge in [-0.15, -0.1) is 0 Å². The zero-order valence-electron chi connectivity index (χ0n) is 9.53. The molecule has 0 spiro atoms. The van der Waals surface area contributed by atoms with Gasteiger partial charge in [0.05, 0.1) is 5.69 Å². The Morgan fingerprint density at radius 3 is 2.89 bits per heavy atom. The van der Waals surface area contributed by atoms with Crippen molar-refractivity contribution >= 4 is 21.9 Å². The van der Waals surface area contributed by atoms with Gasteiger partial charge in [-0.1, -0.05) is 0 Å². The fourth-order valence-electron chi connectivity index (χ4n) is 1.48. The van der Waals surface area contributed by atoms with Crippen LogP contribution in [-0.4, -0.2) is 23.1 Å². The molecule has 6 heteroatoms. The minimum Gasteiger partial charge on any atom is -0.353 e. The van der Waals surface area contributed by atoms with Gasteiger partial charge in [0.15, 0.2) is 0 Å². The highest BCUT2D eigenvalue weighted by Crippen LogP contribution is 2.27. The number of halogens is 2. The van der Waals surface area contributed by atoms with Crippen LogP contribution in [0, 0.1) is 5.82 Å². The molecule has 0 amide bonds. The van der Waals surface area contributed by atoms with E-state index in [-0.39, 0.29) is 5.82 Å². The molecular weight excluding hydrogens is 299 g/mol. The van der Waals surface area contributed by atoms with E-state index in [1.807, 2.05) is 0 Å². The lowest BCUT2D eigenvalue weighted by Gasteiger charge is -2.07. The molecule has 0 saturated carbocycles. The number of benzene rings is 1. The second-order valence-electron chi connectivity index (χ2n) is 3.61. The maximum absolute atomic E-state index is 13.0. The molecule has 0 saturated heterocycles. The smallest absolute Gasteiger partial charge is 0.223 e. The molecule has 0 unspecified atom stereocenters. The van der Waals surface area contributed by atoms with Gasteiger partial charge in [0, 0.05) is 29.3 Å². The van der Waals surface area contributed by atoms with Crippen molar-refractivity contribution in [2.24, 2.45) is 5.73 Å². The van der Waals surface area contributed by atoms with Gasteiger partial charge >= 0.3 is 0 Å². The maximum Gasteiger partial charge on any atom is 0.223 e. The molecule has 2 aromatic rings. The Hall–Kier alpha value is -1.53. The fraction of sp³-hybridized carbons (Fsp3) is 0.167. The summed E-state index contributed by atoms with van der Waals surface area (Å²) in [5.41, 5.74) is 6.93. The highest BCUT2D eigenvalue weighted by atomic mass is 79.9. The van der Waals surface area contributed by atoms with Crippen molar-refractivity contribution in [3.63, 3.8) is 0 Å². The molecule has 18 heavy (non-hydrogen) atoms. The third kappa shape index (κ3) is 3.02. The Morgan fingerprint density at radius 2 is 2.17 bits per heavy atom. The van der Waals surface area contributed by atoms with Gasteiger partial charge in [0.1, 0.15) is 5.82 Å². The molecule has 0 radical (unpaired) electrons. The zero-order valence-corrected chi connectivity index (χ0v) is 11.1. The second-order valence-corrected chi connectivity index (χ2v) is 4.46.